The summed E-state index contributed by atoms with van der Waals surface area (Å²) in [5, 5.41) is 12.9. The molecule has 0 saturated heterocycles. The molecule has 0 aliphatic carbocycles. The number of hydrogen-bond donors (Lipinski definition) is 2. The summed E-state index contributed by atoms with van der Waals surface area (Å²) < 4.78 is 37.9. The predicted octanol–water partition coefficient (Wildman–Crippen LogP) is 4.75. The fourth-order valence-electron chi connectivity index (χ4n) is 3.05. The molecule has 5 nitrogen and oxygen atoms in total. The van der Waals surface area contributed by atoms with Gasteiger partial charge in [0.25, 0.3) is 0 Å². The highest BCUT2D eigenvalue weighted by atomic mass is 32.1. The van der Waals surface area contributed by atoms with Gasteiger partial charge in [0.05, 0.1) is 22.2 Å². The van der Waals surface area contributed by atoms with Gasteiger partial charge in [0.15, 0.2) is 5.13 Å². The molecular formula is C21H18F3N5S. The van der Waals surface area contributed by atoms with E-state index in [4.69, 9.17) is 5.73 Å². The fourth-order valence-corrected chi connectivity index (χ4v) is 3.87. The van der Waals surface area contributed by atoms with Crippen LogP contribution in [-0.2, 0) is 12.6 Å². The maximum absolute atomic E-state index is 12.6. The van der Waals surface area contributed by atoms with Crippen molar-refractivity contribution in [3.8, 4) is 10.4 Å². The van der Waals surface area contributed by atoms with Gasteiger partial charge in [0.1, 0.15) is 0 Å². The molecule has 9 heteroatoms. The van der Waals surface area contributed by atoms with Gasteiger partial charge in [0, 0.05) is 24.2 Å². The minimum atomic E-state index is -4.33. The highest BCUT2D eigenvalue weighted by molar-refractivity contribution is 7.18. The van der Waals surface area contributed by atoms with Crippen LogP contribution >= 0.6 is 11.3 Å². The number of anilines is 1. The van der Waals surface area contributed by atoms with Crippen LogP contribution in [0.1, 0.15) is 11.1 Å². The van der Waals surface area contributed by atoms with Crippen LogP contribution in [0.5, 0.6) is 0 Å². The minimum Gasteiger partial charge on any atom is -0.360 e. The monoisotopic (exact) mass is 429 g/mol. The van der Waals surface area contributed by atoms with Crippen LogP contribution in [-0.4, -0.2) is 27.8 Å². The molecule has 2 aromatic heterocycles. The lowest BCUT2D eigenvalue weighted by Crippen LogP contribution is -2.31. The van der Waals surface area contributed by atoms with Crippen molar-refractivity contribution in [1.29, 1.82) is 0 Å². The lowest BCUT2D eigenvalue weighted by Gasteiger charge is -2.13. The van der Waals surface area contributed by atoms with Crippen molar-refractivity contribution >= 4 is 27.4 Å². The number of halogens is 3. The molecule has 0 saturated carbocycles. The summed E-state index contributed by atoms with van der Waals surface area (Å²) in [6.07, 6.45) is -0.410. The Morgan fingerprint density at radius 3 is 2.63 bits per heavy atom. The molecule has 0 aliphatic rings. The summed E-state index contributed by atoms with van der Waals surface area (Å²) in [6, 6.07) is 12.7. The number of rotatable bonds is 6. The third-order valence-corrected chi connectivity index (χ3v) is 5.60. The van der Waals surface area contributed by atoms with Crippen molar-refractivity contribution in [2.45, 2.75) is 18.6 Å². The number of nitrogens with zero attached hydrogens (tertiary/aromatic N) is 3. The number of nitrogens with two attached hydrogens (primary N) is 1. The van der Waals surface area contributed by atoms with Gasteiger partial charge in [-0.05, 0) is 47.9 Å². The summed E-state index contributed by atoms with van der Waals surface area (Å²) in [4.78, 5) is 5.40. The SMILES string of the molecule is N[C@H](CNc1ncc(-c2ccc3nnccc3c2)s1)Cc1ccc(C(F)(F)F)cc1. The lowest BCUT2D eigenvalue weighted by atomic mass is 10.0. The first-order valence-corrected chi connectivity index (χ1v) is 10.0. The van der Waals surface area contributed by atoms with Crippen molar-refractivity contribution in [2.75, 3.05) is 11.9 Å². The van der Waals surface area contributed by atoms with Gasteiger partial charge in [-0.1, -0.05) is 29.5 Å². The first-order valence-electron chi connectivity index (χ1n) is 9.22. The second kappa shape index (κ2) is 8.37. The molecule has 0 fully saturated rings. The molecule has 0 bridgehead atoms. The zero-order valence-electron chi connectivity index (χ0n) is 15.7. The van der Waals surface area contributed by atoms with Crippen molar-refractivity contribution in [3.63, 3.8) is 0 Å². The molecule has 3 N–H and O–H groups in total. The van der Waals surface area contributed by atoms with Gasteiger partial charge in [-0.15, -0.1) is 0 Å². The molecule has 4 rings (SSSR count). The van der Waals surface area contributed by atoms with E-state index in [1.54, 1.807) is 12.4 Å². The molecule has 0 amide bonds. The number of fused-ring (bicyclic) bond motifs is 1. The molecule has 154 valence electrons. The molecule has 0 aliphatic heterocycles. The Kier molecular flexibility index (Phi) is 5.65. The van der Waals surface area contributed by atoms with Gasteiger partial charge >= 0.3 is 6.18 Å². The molecule has 2 aromatic carbocycles. The smallest absolute Gasteiger partial charge is 0.360 e. The predicted molar refractivity (Wildman–Crippen MR) is 112 cm³/mol. The molecule has 30 heavy (non-hydrogen) atoms. The standard InChI is InChI=1S/C21H18F3N5S/c22-21(23,24)16-4-1-13(2-5-16)9-17(25)11-26-20-27-12-19(30-20)15-3-6-18-14(10-15)7-8-28-29-18/h1-8,10,12,17H,9,11,25H2,(H,26,27)/t17-/m0/s1. The Bertz CT molecular complexity index is 1140. The van der Waals surface area contributed by atoms with E-state index >= 15 is 0 Å². The zero-order valence-corrected chi connectivity index (χ0v) is 16.5. The van der Waals surface area contributed by atoms with Crippen LogP contribution < -0.4 is 11.1 Å². The van der Waals surface area contributed by atoms with Gasteiger partial charge in [-0.25, -0.2) is 4.98 Å². The highest BCUT2D eigenvalue weighted by Gasteiger charge is 2.29. The van der Waals surface area contributed by atoms with Crippen molar-refractivity contribution < 1.29 is 13.2 Å². The van der Waals surface area contributed by atoms with Gasteiger partial charge in [-0.2, -0.15) is 23.4 Å². The summed E-state index contributed by atoms with van der Waals surface area (Å²) in [6.45, 7) is 0.460. The lowest BCUT2D eigenvalue weighted by molar-refractivity contribution is -0.137. The van der Waals surface area contributed by atoms with Crippen LogP contribution in [0, 0.1) is 0 Å². The number of benzene rings is 2. The van der Waals surface area contributed by atoms with E-state index in [0.717, 1.165) is 44.2 Å². The molecule has 0 unspecified atom stereocenters. The van der Waals surface area contributed by atoms with E-state index in [9.17, 15) is 13.2 Å². The molecule has 4 aromatic rings. The Morgan fingerprint density at radius 1 is 1.07 bits per heavy atom. The quantitative estimate of drug-likeness (QED) is 0.462. The molecule has 0 spiro atoms. The van der Waals surface area contributed by atoms with Crippen molar-refractivity contribution in [2.24, 2.45) is 5.73 Å². The number of alkyl halides is 3. The summed E-state index contributed by atoms with van der Waals surface area (Å²) in [5.74, 6) is 0. The summed E-state index contributed by atoms with van der Waals surface area (Å²) in [5.41, 5.74) is 8.11. The first-order chi connectivity index (χ1) is 14.4. The Labute approximate surface area is 174 Å². The van der Waals surface area contributed by atoms with Crippen molar-refractivity contribution in [1.82, 2.24) is 15.2 Å². The highest BCUT2D eigenvalue weighted by Crippen LogP contribution is 2.31. The Balaban J connectivity index is 1.35. The van der Waals surface area contributed by atoms with E-state index in [2.05, 4.69) is 20.5 Å². The fraction of sp³-hybridized carbons (Fsp3) is 0.190. The van der Waals surface area contributed by atoms with E-state index in [-0.39, 0.29) is 6.04 Å². The van der Waals surface area contributed by atoms with E-state index in [1.807, 2.05) is 24.3 Å². The maximum atomic E-state index is 12.6. The number of hydrogen-bond acceptors (Lipinski definition) is 6. The van der Waals surface area contributed by atoms with Crippen molar-refractivity contribution in [3.05, 3.63) is 72.1 Å². The number of thiazole rings is 1. The second-order valence-electron chi connectivity index (χ2n) is 6.87. The normalized spacial score (nSPS) is 12.8. The van der Waals surface area contributed by atoms with Gasteiger partial charge in [-0.3, -0.25) is 0 Å². The second-order valence-corrected chi connectivity index (χ2v) is 7.90. The zero-order chi connectivity index (χ0) is 21.1. The van der Waals surface area contributed by atoms with Crippen LogP contribution in [0.15, 0.2) is 60.9 Å². The average Bonchev–Trinajstić information content (AvgIpc) is 3.21. The first kappa shape index (κ1) is 20.2. The Hall–Kier alpha value is -3.04. The third kappa shape index (κ3) is 4.74. The summed E-state index contributed by atoms with van der Waals surface area (Å²) in [7, 11) is 0. The topological polar surface area (TPSA) is 76.7 Å². The molecule has 0 radical (unpaired) electrons. The van der Waals surface area contributed by atoms with E-state index in [1.165, 1.54) is 23.5 Å². The van der Waals surface area contributed by atoms with Gasteiger partial charge < -0.3 is 11.1 Å². The van der Waals surface area contributed by atoms with Crippen LogP contribution in [0.25, 0.3) is 21.3 Å². The third-order valence-electron chi connectivity index (χ3n) is 4.60. The number of aromatic nitrogens is 3. The average molecular weight is 429 g/mol. The minimum absolute atomic E-state index is 0.256. The van der Waals surface area contributed by atoms with Crippen LogP contribution in [0.3, 0.4) is 0 Å². The van der Waals surface area contributed by atoms with Crippen LogP contribution in [0.4, 0.5) is 18.3 Å². The van der Waals surface area contributed by atoms with E-state index in [0.29, 0.717) is 13.0 Å². The van der Waals surface area contributed by atoms with Gasteiger partial charge in [0.2, 0.25) is 0 Å². The Morgan fingerprint density at radius 2 is 1.87 bits per heavy atom. The number of nitrogens with one attached hydrogen (secondary N) is 1. The largest absolute Gasteiger partial charge is 0.416 e. The summed E-state index contributed by atoms with van der Waals surface area (Å²) >= 11 is 1.51. The maximum Gasteiger partial charge on any atom is 0.416 e. The molecular weight excluding hydrogens is 411 g/mol. The van der Waals surface area contributed by atoms with E-state index < -0.39 is 11.7 Å². The van der Waals surface area contributed by atoms with Crippen LogP contribution in [0.2, 0.25) is 0 Å². The molecule has 1 atom stereocenters. The molecule has 2 heterocycles.